The standard InChI is InChI=1S/C22H22NO7S2.3Na/c1-13-12-14(8-9-16(13)22(2,3)4)21(24)23-17-10-11-18(31(25,26)27)15-6-5-7-19(20(15)17)32(28,29)30;;;/h6-12H,1-4H3,(H,23,24)(H,25,26,27)(H,28,29,30);;;/q-1;3*+1/p-2. The molecule has 0 aliphatic carbocycles. The molecule has 0 unspecified atom stereocenters. The van der Waals surface area contributed by atoms with E-state index in [1.165, 1.54) is 0 Å². The van der Waals surface area contributed by atoms with Gasteiger partial charge < -0.3 is 14.4 Å². The van der Waals surface area contributed by atoms with E-state index >= 15 is 0 Å². The minimum Gasteiger partial charge on any atom is -0.754 e. The summed E-state index contributed by atoms with van der Waals surface area (Å²) in [7, 11) is -10.1. The number of nitrogens with one attached hydrogen (secondary N) is 1. The van der Waals surface area contributed by atoms with Crippen molar-refractivity contribution in [2.75, 3.05) is 5.32 Å². The first kappa shape index (κ1) is 35.2. The van der Waals surface area contributed by atoms with Crippen molar-refractivity contribution in [3.8, 4) is 0 Å². The number of aryl methyl sites for hydroxylation is 1. The van der Waals surface area contributed by atoms with Crippen LogP contribution in [0.5, 0.6) is 0 Å². The van der Waals surface area contributed by atoms with Crippen LogP contribution < -0.4 is 94.0 Å². The molecule has 0 fully saturated rings. The van der Waals surface area contributed by atoms with Gasteiger partial charge in [0.1, 0.15) is 10.1 Å². The van der Waals surface area contributed by atoms with Crippen LogP contribution in [-0.4, -0.2) is 31.8 Å². The van der Waals surface area contributed by atoms with Gasteiger partial charge in [0.15, 0.2) is 0 Å². The fraction of sp³-hybridized carbons (Fsp3) is 0.227. The zero-order chi connectivity index (χ0) is 24.1. The number of amides is 1. The van der Waals surface area contributed by atoms with Crippen molar-refractivity contribution in [3.63, 3.8) is 0 Å². The molecule has 0 aromatic heterocycles. The Hall–Kier alpha value is 0.210. The van der Waals surface area contributed by atoms with E-state index in [2.05, 4.69) is 11.4 Å². The fourth-order valence-corrected chi connectivity index (χ4v) is 4.99. The fourth-order valence-electron chi connectivity index (χ4n) is 3.64. The minimum absolute atomic E-state index is 0. The van der Waals surface area contributed by atoms with Crippen LogP contribution >= 0.6 is 0 Å². The Balaban J connectivity index is 0.00000385. The maximum absolute atomic E-state index is 12.9. The third-order valence-electron chi connectivity index (χ3n) is 4.98. The summed E-state index contributed by atoms with van der Waals surface area (Å²) in [5.41, 5.74) is 1.93. The van der Waals surface area contributed by atoms with E-state index < -0.39 is 35.9 Å². The van der Waals surface area contributed by atoms with Gasteiger partial charge in [-0.25, -0.2) is 8.42 Å². The van der Waals surface area contributed by atoms with Gasteiger partial charge in [0.05, 0.1) is 10.1 Å². The number of fused-ring (bicyclic) bond motifs is 1. The third-order valence-corrected chi connectivity index (χ3v) is 6.73. The van der Waals surface area contributed by atoms with Crippen molar-refractivity contribution in [2.45, 2.75) is 42.9 Å². The molecule has 8 nitrogen and oxygen atoms in total. The molecule has 0 saturated carbocycles. The van der Waals surface area contributed by atoms with Crippen molar-refractivity contribution in [1.82, 2.24) is 0 Å². The quantitative estimate of drug-likeness (QED) is 0.196. The van der Waals surface area contributed by atoms with E-state index in [4.69, 9.17) is 0 Å². The number of hydrogen-bond donors (Lipinski definition) is 1. The Morgan fingerprint density at radius 3 is 1.94 bits per heavy atom. The molecule has 0 saturated heterocycles. The largest absolute Gasteiger partial charge is 1.00 e. The second-order valence-electron chi connectivity index (χ2n) is 8.36. The smallest absolute Gasteiger partial charge is 0.754 e. The second kappa shape index (κ2) is 12.8. The number of benzene rings is 3. The van der Waals surface area contributed by atoms with Gasteiger partial charge in [0.25, 0.3) is 5.91 Å². The van der Waals surface area contributed by atoms with Crippen LogP contribution in [-0.2, 0) is 25.7 Å². The number of hydrogen-bond acceptors (Lipinski definition) is 7. The Kier molecular flexibility index (Phi) is 12.9. The van der Waals surface area contributed by atoms with Gasteiger partial charge in [-0.2, -0.15) is 18.2 Å². The van der Waals surface area contributed by atoms with Crippen LogP contribution in [0.1, 0.15) is 42.3 Å². The summed E-state index contributed by atoms with van der Waals surface area (Å²) in [6.07, 6.45) is 0. The molecule has 13 heteroatoms. The minimum atomic E-state index is -5.07. The van der Waals surface area contributed by atoms with Crippen LogP contribution in [0, 0.1) is 13.0 Å². The van der Waals surface area contributed by atoms with Crippen LogP contribution in [0.15, 0.2) is 52.3 Å². The van der Waals surface area contributed by atoms with Gasteiger partial charge in [-0.15, -0.1) is 5.39 Å². The summed E-state index contributed by atoms with van der Waals surface area (Å²) in [6, 6.07) is 11.4. The molecule has 1 amide bonds. The van der Waals surface area contributed by atoms with Crippen molar-refractivity contribution >= 4 is 42.6 Å². The maximum atomic E-state index is 12.9. The number of carbonyl (C=O) groups excluding carboxylic acids is 1. The third kappa shape index (κ3) is 8.10. The van der Waals surface area contributed by atoms with E-state index in [9.17, 15) is 30.7 Å². The van der Waals surface area contributed by atoms with Crippen molar-refractivity contribution in [2.24, 2.45) is 0 Å². The van der Waals surface area contributed by atoms with Gasteiger partial charge in [0, 0.05) is 16.1 Å². The molecule has 1 N–H and O–H groups in total. The number of carbonyl (C=O) groups is 1. The monoisotopic (exact) mass is 543 g/mol. The first-order valence-electron chi connectivity index (χ1n) is 9.42. The molecule has 0 aliphatic heterocycles. The molecule has 0 atom stereocenters. The number of anilines is 1. The van der Waals surface area contributed by atoms with Gasteiger partial charge >= 0.3 is 88.7 Å². The van der Waals surface area contributed by atoms with E-state index in [1.54, 1.807) is 12.1 Å². The Bertz CT molecular complexity index is 1470. The molecule has 0 radical (unpaired) electrons. The van der Waals surface area contributed by atoms with Crippen molar-refractivity contribution in [3.05, 3.63) is 65.2 Å². The summed E-state index contributed by atoms with van der Waals surface area (Å²) >= 11 is 0. The molecule has 0 spiro atoms. The molecule has 3 aromatic rings. The Morgan fingerprint density at radius 2 is 1.46 bits per heavy atom. The first-order chi connectivity index (χ1) is 14.6. The zero-order valence-electron chi connectivity index (χ0n) is 20.7. The molecule has 3 rings (SSSR count). The average Bonchev–Trinajstić information content (AvgIpc) is 2.64. The number of rotatable bonds is 4. The molecule has 0 bridgehead atoms. The first-order valence-corrected chi connectivity index (χ1v) is 12.2. The summed E-state index contributed by atoms with van der Waals surface area (Å²) in [5, 5.41) is 1.83. The summed E-state index contributed by atoms with van der Waals surface area (Å²) < 4.78 is 70.2. The van der Waals surface area contributed by atoms with Crippen LogP contribution in [0.25, 0.3) is 10.8 Å². The Labute approximate surface area is 272 Å². The van der Waals surface area contributed by atoms with E-state index in [0.29, 0.717) is 0 Å². The van der Waals surface area contributed by atoms with Gasteiger partial charge in [-0.05, 0) is 46.6 Å². The van der Waals surface area contributed by atoms with E-state index in [1.807, 2.05) is 33.8 Å². The summed E-state index contributed by atoms with van der Waals surface area (Å²) in [4.78, 5) is 11.4. The van der Waals surface area contributed by atoms with E-state index in [-0.39, 0.29) is 116 Å². The van der Waals surface area contributed by atoms with Crippen LogP contribution in [0.4, 0.5) is 5.69 Å². The molecule has 0 heterocycles. The Morgan fingerprint density at radius 1 is 0.886 bits per heavy atom. The molecule has 35 heavy (non-hydrogen) atoms. The second-order valence-corrected chi connectivity index (χ2v) is 11.1. The molecule has 3 aromatic carbocycles. The van der Waals surface area contributed by atoms with Crippen LogP contribution in [0.2, 0.25) is 0 Å². The predicted molar refractivity (Wildman–Crippen MR) is 117 cm³/mol. The molecule has 170 valence electrons. The molecule has 0 aliphatic rings. The summed E-state index contributed by atoms with van der Waals surface area (Å²) in [5.74, 6) is -0.602. The topological polar surface area (TPSA) is 144 Å². The van der Waals surface area contributed by atoms with Crippen molar-refractivity contribution in [1.29, 1.82) is 0 Å². The maximum Gasteiger partial charge on any atom is 1.00 e. The van der Waals surface area contributed by atoms with Crippen LogP contribution in [0.3, 0.4) is 0 Å². The zero-order valence-corrected chi connectivity index (χ0v) is 28.3. The van der Waals surface area contributed by atoms with Gasteiger partial charge in [-0.3, -0.25) is 13.2 Å². The average molecular weight is 544 g/mol. The summed E-state index contributed by atoms with van der Waals surface area (Å²) in [6.45, 7) is 7.97. The van der Waals surface area contributed by atoms with Gasteiger partial charge in [0.2, 0.25) is 0 Å². The van der Waals surface area contributed by atoms with Gasteiger partial charge in [-0.1, -0.05) is 38.3 Å². The van der Waals surface area contributed by atoms with E-state index in [0.717, 1.165) is 35.4 Å². The predicted octanol–water partition coefficient (Wildman–Crippen LogP) is -5.68. The molecular weight excluding hydrogens is 523 g/mol. The molecular formula is C22H20NNa3O7S2. The van der Waals surface area contributed by atoms with Crippen molar-refractivity contribution < 1.29 is 119 Å². The SMILES string of the molecule is Cc1cc(C(=O)Nc2ccc(S(=O)(=O)[O-])c3c[c-]cc(S(=O)(=O)[O-])c23)ccc1C(C)(C)C.[Na+].[Na+].[Na+]. The normalized spacial score (nSPS) is 11.6.